The highest BCUT2D eigenvalue weighted by Gasteiger charge is 2.57. The van der Waals surface area contributed by atoms with Gasteiger partial charge in [-0.05, 0) is 36.5 Å². The second-order valence-corrected chi connectivity index (χ2v) is 10.9. The third-order valence-electron chi connectivity index (χ3n) is 8.22. The first-order valence-electron chi connectivity index (χ1n) is 13.1. The van der Waals surface area contributed by atoms with Gasteiger partial charge in [-0.15, -0.1) is 6.42 Å². The van der Waals surface area contributed by atoms with E-state index < -0.39 is 29.4 Å². The Balaban J connectivity index is 1.65. The second kappa shape index (κ2) is 11.0. The first-order chi connectivity index (χ1) is 18.1. The normalized spacial score (nSPS) is 23.7. The fourth-order valence-electron chi connectivity index (χ4n) is 5.94. The number of β-amino-alcohol motifs (C(OH)–C–C–N with tert-alkyl or cyclic N) is 1. The largest absolute Gasteiger partial charge is 0.391 e. The number of carbonyl (C=O) groups is 3. The van der Waals surface area contributed by atoms with Crippen molar-refractivity contribution >= 4 is 23.9 Å². The molecule has 38 heavy (non-hydrogen) atoms. The number of piperidine rings is 1. The van der Waals surface area contributed by atoms with E-state index in [1.165, 1.54) is 4.90 Å². The van der Waals surface area contributed by atoms with Crippen molar-refractivity contribution in [3.05, 3.63) is 47.2 Å². The Labute approximate surface area is 223 Å². The number of aliphatic hydroxyl groups is 1. The number of aldehydes is 1. The number of rotatable bonds is 8. The molecule has 0 aliphatic carbocycles. The Kier molecular flexibility index (Phi) is 7.93. The molecule has 2 aliphatic rings. The van der Waals surface area contributed by atoms with Crippen molar-refractivity contribution in [2.24, 2.45) is 17.6 Å². The number of benzene rings is 1. The van der Waals surface area contributed by atoms with Gasteiger partial charge in [0, 0.05) is 49.5 Å². The van der Waals surface area contributed by atoms with Crippen molar-refractivity contribution in [1.29, 1.82) is 0 Å². The maximum atomic E-state index is 14.2. The molecule has 2 amide bonds. The van der Waals surface area contributed by atoms with Gasteiger partial charge in [-0.1, -0.05) is 44.0 Å². The molecule has 2 aliphatic heterocycles. The molecule has 202 valence electrons. The highest BCUT2D eigenvalue weighted by atomic mass is 16.5. The van der Waals surface area contributed by atoms with Crippen LogP contribution in [0.3, 0.4) is 0 Å². The summed E-state index contributed by atoms with van der Waals surface area (Å²) in [5.74, 6) is 1.21. The van der Waals surface area contributed by atoms with Crippen LogP contribution in [0.1, 0.15) is 68.8 Å². The molecule has 9 heteroatoms. The Bertz CT molecular complexity index is 1210. The van der Waals surface area contributed by atoms with Crippen LogP contribution in [-0.4, -0.2) is 64.5 Å². The van der Waals surface area contributed by atoms with Crippen LogP contribution in [0.2, 0.25) is 0 Å². The lowest BCUT2D eigenvalue weighted by atomic mass is 9.76. The quantitative estimate of drug-likeness (QED) is 0.404. The van der Waals surface area contributed by atoms with Crippen molar-refractivity contribution in [2.45, 2.75) is 63.5 Å². The van der Waals surface area contributed by atoms with E-state index in [0.29, 0.717) is 30.2 Å². The van der Waals surface area contributed by atoms with E-state index in [4.69, 9.17) is 16.7 Å². The maximum Gasteiger partial charge on any atom is 0.244 e. The number of terminal acetylenes is 1. The van der Waals surface area contributed by atoms with E-state index in [1.807, 2.05) is 37.8 Å². The van der Waals surface area contributed by atoms with Gasteiger partial charge in [-0.25, -0.2) is 0 Å². The van der Waals surface area contributed by atoms with E-state index in [-0.39, 0.29) is 30.7 Å². The van der Waals surface area contributed by atoms with Gasteiger partial charge in [-0.2, -0.15) is 0 Å². The minimum atomic E-state index is -1.43. The summed E-state index contributed by atoms with van der Waals surface area (Å²) in [4.78, 5) is 41.9. The SMILES string of the molecule is C#Cc1ccc([C@H](C)C2(C(N)=O)CC(O)CN2C(=O)[C@@H](c2cc(N3CCC(C=O)CC3)no2)C(C)C)cc1. The standard InChI is InChI=1S/C29H36N4O5/c1-5-20-6-8-22(9-7-20)19(4)29(28(30)37)15-23(35)16-33(29)27(36)26(18(2)3)24-14-25(31-38-24)32-12-10-21(17-34)11-13-32/h1,6-9,14,17-19,21,23,26,35H,10-13,15-16H2,2-4H3,(H2,30,37)/t19-,23?,26+,29?/m0/s1. The zero-order chi connectivity index (χ0) is 27.6. The highest BCUT2D eigenvalue weighted by Crippen LogP contribution is 2.44. The van der Waals surface area contributed by atoms with Gasteiger partial charge in [0.1, 0.15) is 17.7 Å². The molecule has 3 heterocycles. The van der Waals surface area contributed by atoms with Crippen molar-refractivity contribution < 1.29 is 24.0 Å². The van der Waals surface area contributed by atoms with Crippen molar-refractivity contribution in [3.63, 3.8) is 0 Å². The maximum absolute atomic E-state index is 14.2. The minimum Gasteiger partial charge on any atom is -0.391 e. The number of carbonyl (C=O) groups excluding carboxylic acids is 3. The summed E-state index contributed by atoms with van der Waals surface area (Å²) >= 11 is 0. The molecular weight excluding hydrogens is 484 g/mol. The molecule has 0 bridgehead atoms. The number of amides is 2. The Morgan fingerprint density at radius 3 is 2.45 bits per heavy atom. The predicted molar refractivity (Wildman–Crippen MR) is 142 cm³/mol. The van der Waals surface area contributed by atoms with Crippen molar-refractivity contribution in [3.8, 4) is 12.3 Å². The van der Waals surface area contributed by atoms with Gasteiger partial charge < -0.3 is 30.0 Å². The molecule has 2 fully saturated rings. The van der Waals surface area contributed by atoms with E-state index in [2.05, 4.69) is 11.1 Å². The monoisotopic (exact) mass is 520 g/mol. The molecule has 3 N–H and O–H groups in total. The van der Waals surface area contributed by atoms with Gasteiger partial charge in [0.15, 0.2) is 11.6 Å². The van der Waals surface area contributed by atoms with E-state index in [9.17, 15) is 19.5 Å². The number of nitrogens with zero attached hydrogens (tertiary/aromatic N) is 3. The molecule has 1 aromatic carbocycles. The molecule has 2 unspecified atom stereocenters. The number of anilines is 1. The van der Waals surface area contributed by atoms with Crippen LogP contribution in [0.15, 0.2) is 34.9 Å². The molecule has 4 rings (SSSR count). The molecule has 9 nitrogen and oxygen atoms in total. The Hall–Kier alpha value is -3.64. The molecule has 2 aromatic rings. The van der Waals surface area contributed by atoms with E-state index >= 15 is 0 Å². The fraction of sp³-hybridized carbons (Fsp3) is 0.517. The first-order valence-corrected chi connectivity index (χ1v) is 13.1. The van der Waals surface area contributed by atoms with E-state index in [1.54, 1.807) is 18.2 Å². The summed E-state index contributed by atoms with van der Waals surface area (Å²) in [5, 5.41) is 14.9. The minimum absolute atomic E-state index is 0.0159. The van der Waals surface area contributed by atoms with E-state index in [0.717, 1.165) is 24.7 Å². The zero-order valence-corrected chi connectivity index (χ0v) is 22.2. The van der Waals surface area contributed by atoms with Crippen LogP contribution in [-0.2, 0) is 14.4 Å². The van der Waals surface area contributed by atoms with Crippen molar-refractivity contribution in [2.75, 3.05) is 24.5 Å². The van der Waals surface area contributed by atoms with Crippen LogP contribution >= 0.6 is 0 Å². The summed E-state index contributed by atoms with van der Waals surface area (Å²) in [6.07, 6.45) is 7.10. The summed E-state index contributed by atoms with van der Waals surface area (Å²) < 4.78 is 5.70. The van der Waals surface area contributed by atoms with Gasteiger partial charge in [-0.3, -0.25) is 9.59 Å². The zero-order valence-electron chi connectivity index (χ0n) is 22.2. The predicted octanol–water partition coefficient (Wildman–Crippen LogP) is 2.43. The lowest BCUT2D eigenvalue weighted by Gasteiger charge is -2.42. The topological polar surface area (TPSA) is 130 Å². The van der Waals surface area contributed by atoms with Gasteiger partial charge in [0.05, 0.1) is 6.10 Å². The summed E-state index contributed by atoms with van der Waals surface area (Å²) in [5.41, 5.74) is 6.07. The van der Waals surface area contributed by atoms with Gasteiger partial charge >= 0.3 is 0 Å². The van der Waals surface area contributed by atoms with Crippen LogP contribution in [0.5, 0.6) is 0 Å². The Morgan fingerprint density at radius 2 is 1.89 bits per heavy atom. The van der Waals surface area contributed by atoms with Gasteiger partial charge in [0.25, 0.3) is 0 Å². The van der Waals surface area contributed by atoms with Gasteiger partial charge in [0.2, 0.25) is 11.8 Å². The number of likely N-dealkylation sites (tertiary alicyclic amines) is 1. The fourth-order valence-corrected chi connectivity index (χ4v) is 5.94. The van der Waals surface area contributed by atoms with Crippen LogP contribution in [0.4, 0.5) is 5.82 Å². The number of aromatic nitrogens is 1. The number of nitrogens with two attached hydrogens (primary N) is 1. The molecule has 2 saturated heterocycles. The van der Waals surface area contributed by atoms with Crippen molar-refractivity contribution in [1.82, 2.24) is 10.1 Å². The molecule has 0 spiro atoms. The third-order valence-corrected chi connectivity index (χ3v) is 8.22. The average Bonchev–Trinajstić information content (AvgIpc) is 3.53. The number of aliphatic hydroxyl groups excluding tert-OH is 1. The molecule has 0 saturated carbocycles. The summed E-state index contributed by atoms with van der Waals surface area (Å²) in [6, 6.07) is 8.98. The van der Waals surface area contributed by atoms with Crippen LogP contribution in [0.25, 0.3) is 0 Å². The molecule has 1 aromatic heterocycles. The lowest BCUT2D eigenvalue weighted by Crippen LogP contribution is -2.60. The number of primary amides is 1. The third kappa shape index (κ3) is 4.93. The van der Waals surface area contributed by atoms with Crippen LogP contribution < -0.4 is 10.6 Å². The highest BCUT2D eigenvalue weighted by molar-refractivity contribution is 5.94. The van der Waals surface area contributed by atoms with Crippen LogP contribution in [0, 0.1) is 24.2 Å². The molecule has 0 radical (unpaired) electrons. The first kappa shape index (κ1) is 27.4. The second-order valence-electron chi connectivity index (χ2n) is 10.9. The average molecular weight is 521 g/mol. The lowest BCUT2D eigenvalue weighted by molar-refractivity contribution is -0.147. The number of hydrogen-bond donors (Lipinski definition) is 2. The molecular formula is C29H36N4O5. The smallest absolute Gasteiger partial charge is 0.244 e. The number of hydrogen-bond acceptors (Lipinski definition) is 7. The Morgan fingerprint density at radius 1 is 1.24 bits per heavy atom. The molecule has 4 atom stereocenters. The summed E-state index contributed by atoms with van der Waals surface area (Å²) in [6.45, 7) is 6.98. The summed E-state index contributed by atoms with van der Waals surface area (Å²) in [7, 11) is 0.